The predicted octanol–water partition coefficient (Wildman–Crippen LogP) is -0.163. The summed E-state index contributed by atoms with van der Waals surface area (Å²) in [6.45, 7) is -0.0395. The topological polar surface area (TPSA) is 133 Å². The van der Waals surface area contributed by atoms with Gasteiger partial charge in [0.1, 0.15) is 6.04 Å². The Bertz CT molecular complexity index is 572. The van der Waals surface area contributed by atoms with Gasteiger partial charge in [-0.05, 0) is 24.3 Å². The van der Waals surface area contributed by atoms with Crippen LogP contribution in [0.1, 0.15) is 16.8 Å². The molecule has 21 heavy (non-hydrogen) atoms. The van der Waals surface area contributed by atoms with Crippen molar-refractivity contribution in [2.45, 2.75) is 18.6 Å². The Labute approximate surface area is 120 Å². The Balaban J connectivity index is 2.06. The van der Waals surface area contributed by atoms with Gasteiger partial charge in [-0.3, -0.25) is 4.79 Å². The first-order valence-electron chi connectivity index (χ1n) is 6.27. The average molecular weight is 293 g/mol. The highest BCUT2D eigenvalue weighted by Crippen LogP contribution is 2.20. The quantitative estimate of drug-likeness (QED) is 0.614. The van der Waals surface area contributed by atoms with Gasteiger partial charge in [0.25, 0.3) is 0 Å². The first-order valence-corrected chi connectivity index (χ1v) is 6.27. The van der Waals surface area contributed by atoms with E-state index in [1.165, 1.54) is 24.3 Å². The third-order valence-corrected chi connectivity index (χ3v) is 3.25. The molecule has 112 valence electrons. The summed E-state index contributed by atoms with van der Waals surface area (Å²) < 4.78 is 0. The van der Waals surface area contributed by atoms with Gasteiger partial charge < -0.3 is 26.2 Å². The van der Waals surface area contributed by atoms with Gasteiger partial charge >= 0.3 is 12.0 Å². The number of nitrogens with zero attached hydrogens (tertiary/aromatic N) is 1. The molecule has 0 radical (unpaired) electrons. The lowest BCUT2D eigenvalue weighted by atomic mass is 10.2. The van der Waals surface area contributed by atoms with E-state index < -0.39 is 30.1 Å². The zero-order valence-electron chi connectivity index (χ0n) is 11.0. The van der Waals surface area contributed by atoms with E-state index in [1.54, 1.807) is 0 Å². The predicted molar refractivity (Wildman–Crippen MR) is 72.7 cm³/mol. The molecule has 0 bridgehead atoms. The van der Waals surface area contributed by atoms with Gasteiger partial charge in [-0.1, -0.05) is 0 Å². The Kier molecular flexibility index (Phi) is 4.08. The van der Waals surface area contributed by atoms with Crippen molar-refractivity contribution in [2.24, 2.45) is 5.73 Å². The molecule has 1 aromatic rings. The van der Waals surface area contributed by atoms with Gasteiger partial charge in [0, 0.05) is 24.2 Å². The largest absolute Gasteiger partial charge is 0.480 e. The summed E-state index contributed by atoms with van der Waals surface area (Å²) in [5, 5.41) is 21.0. The third kappa shape index (κ3) is 3.29. The number of carbonyl (C=O) groups excluding carboxylic acids is 2. The maximum atomic E-state index is 12.0. The van der Waals surface area contributed by atoms with E-state index >= 15 is 0 Å². The molecule has 1 saturated heterocycles. The molecule has 0 aliphatic carbocycles. The van der Waals surface area contributed by atoms with Crippen molar-refractivity contribution in [1.29, 1.82) is 0 Å². The molecule has 8 nitrogen and oxygen atoms in total. The van der Waals surface area contributed by atoms with E-state index in [0.29, 0.717) is 11.3 Å². The number of likely N-dealkylation sites (tertiary alicyclic amines) is 1. The number of primary amides is 1. The van der Waals surface area contributed by atoms with Crippen LogP contribution < -0.4 is 11.1 Å². The molecule has 1 aliphatic rings. The molecule has 1 fully saturated rings. The number of carboxylic acid groups (broad SMARTS) is 1. The van der Waals surface area contributed by atoms with Gasteiger partial charge in [-0.15, -0.1) is 0 Å². The number of nitrogens with one attached hydrogen (secondary N) is 1. The number of benzene rings is 1. The summed E-state index contributed by atoms with van der Waals surface area (Å²) in [5.41, 5.74) is 5.80. The summed E-state index contributed by atoms with van der Waals surface area (Å²) in [4.78, 5) is 35.1. The van der Waals surface area contributed by atoms with E-state index in [9.17, 15) is 19.5 Å². The SMILES string of the molecule is NC(=O)c1ccc(NC(=O)N2C[C@H](O)C[C@H]2C(=O)O)cc1. The van der Waals surface area contributed by atoms with Gasteiger partial charge in [0.15, 0.2) is 0 Å². The van der Waals surface area contributed by atoms with Crippen molar-refractivity contribution in [3.05, 3.63) is 29.8 Å². The van der Waals surface area contributed by atoms with Crippen molar-refractivity contribution in [3.63, 3.8) is 0 Å². The second-order valence-corrected chi connectivity index (χ2v) is 4.77. The zero-order valence-corrected chi connectivity index (χ0v) is 11.0. The molecule has 2 rings (SSSR count). The number of hydrogen-bond acceptors (Lipinski definition) is 4. The number of amides is 3. The molecule has 5 N–H and O–H groups in total. The monoisotopic (exact) mass is 293 g/mol. The van der Waals surface area contributed by atoms with E-state index in [4.69, 9.17) is 10.8 Å². The van der Waals surface area contributed by atoms with Crippen LogP contribution in [0.5, 0.6) is 0 Å². The Morgan fingerprint density at radius 3 is 2.38 bits per heavy atom. The Morgan fingerprint density at radius 2 is 1.86 bits per heavy atom. The summed E-state index contributed by atoms with van der Waals surface area (Å²) in [5.74, 6) is -1.74. The summed E-state index contributed by atoms with van der Waals surface area (Å²) in [6, 6.07) is 4.20. The van der Waals surface area contributed by atoms with Crippen LogP contribution >= 0.6 is 0 Å². The fourth-order valence-electron chi connectivity index (χ4n) is 2.19. The standard InChI is InChI=1S/C13H15N3O5/c14-11(18)7-1-3-8(4-2-7)15-13(21)16-6-9(17)5-10(16)12(19)20/h1-4,9-10,17H,5-6H2,(H2,14,18)(H,15,21)(H,19,20)/t9-,10+/m1/s1. The number of urea groups is 1. The molecular weight excluding hydrogens is 278 g/mol. The highest BCUT2D eigenvalue weighted by atomic mass is 16.4. The number of nitrogens with two attached hydrogens (primary N) is 1. The second-order valence-electron chi connectivity index (χ2n) is 4.77. The molecule has 1 aliphatic heterocycles. The van der Waals surface area contributed by atoms with Crippen molar-refractivity contribution in [2.75, 3.05) is 11.9 Å². The molecule has 0 unspecified atom stereocenters. The molecule has 2 atom stereocenters. The van der Waals surface area contributed by atoms with Crippen LogP contribution in [-0.2, 0) is 4.79 Å². The molecule has 1 heterocycles. The molecule has 1 aromatic carbocycles. The van der Waals surface area contributed by atoms with Crippen LogP contribution in [0.4, 0.5) is 10.5 Å². The number of hydrogen-bond donors (Lipinski definition) is 4. The lowest BCUT2D eigenvalue weighted by Gasteiger charge is -2.21. The smallest absolute Gasteiger partial charge is 0.326 e. The van der Waals surface area contributed by atoms with Crippen molar-refractivity contribution >= 4 is 23.6 Å². The number of anilines is 1. The summed E-state index contributed by atoms with van der Waals surface area (Å²) in [7, 11) is 0. The third-order valence-electron chi connectivity index (χ3n) is 3.25. The van der Waals surface area contributed by atoms with E-state index in [0.717, 1.165) is 4.90 Å². The summed E-state index contributed by atoms with van der Waals surface area (Å²) >= 11 is 0. The van der Waals surface area contributed by atoms with Crippen LogP contribution in [0.25, 0.3) is 0 Å². The maximum Gasteiger partial charge on any atom is 0.326 e. The minimum atomic E-state index is -1.16. The van der Waals surface area contributed by atoms with Crippen molar-refractivity contribution < 1.29 is 24.6 Å². The Hall–Kier alpha value is -2.61. The van der Waals surface area contributed by atoms with Gasteiger partial charge in [-0.2, -0.15) is 0 Å². The van der Waals surface area contributed by atoms with E-state index in [-0.39, 0.29) is 13.0 Å². The van der Waals surface area contributed by atoms with Crippen LogP contribution in [0.3, 0.4) is 0 Å². The van der Waals surface area contributed by atoms with Crippen LogP contribution in [-0.4, -0.2) is 51.7 Å². The number of rotatable bonds is 3. The van der Waals surface area contributed by atoms with Crippen molar-refractivity contribution in [3.8, 4) is 0 Å². The molecule has 8 heteroatoms. The number of β-amino-alcohol motifs (C(OH)–C–C–N with tert-alkyl or cyclic N) is 1. The first-order chi connectivity index (χ1) is 9.88. The normalized spacial score (nSPS) is 21.1. The molecular formula is C13H15N3O5. The van der Waals surface area contributed by atoms with E-state index in [1.807, 2.05) is 0 Å². The first kappa shape index (κ1) is 14.8. The number of aliphatic carboxylic acids is 1. The maximum absolute atomic E-state index is 12.0. The molecule has 0 saturated carbocycles. The van der Waals surface area contributed by atoms with Gasteiger partial charge in [0.2, 0.25) is 5.91 Å². The van der Waals surface area contributed by atoms with Crippen LogP contribution in [0, 0.1) is 0 Å². The van der Waals surface area contributed by atoms with Crippen molar-refractivity contribution in [1.82, 2.24) is 4.90 Å². The minimum Gasteiger partial charge on any atom is -0.480 e. The fraction of sp³-hybridized carbons (Fsp3) is 0.308. The minimum absolute atomic E-state index is 0.00334. The Morgan fingerprint density at radius 1 is 1.24 bits per heavy atom. The highest BCUT2D eigenvalue weighted by Gasteiger charge is 2.38. The van der Waals surface area contributed by atoms with Gasteiger partial charge in [-0.25, -0.2) is 9.59 Å². The number of aliphatic hydroxyl groups is 1. The number of aliphatic hydroxyl groups excluding tert-OH is 1. The number of carboxylic acids is 1. The lowest BCUT2D eigenvalue weighted by molar-refractivity contribution is -0.141. The number of carbonyl (C=O) groups is 3. The second kappa shape index (κ2) is 5.80. The van der Waals surface area contributed by atoms with E-state index in [2.05, 4.69) is 5.32 Å². The van der Waals surface area contributed by atoms with Gasteiger partial charge in [0.05, 0.1) is 6.10 Å². The molecule has 0 spiro atoms. The van der Waals surface area contributed by atoms with Crippen LogP contribution in [0.15, 0.2) is 24.3 Å². The molecule has 0 aromatic heterocycles. The fourth-order valence-corrected chi connectivity index (χ4v) is 2.19. The highest BCUT2D eigenvalue weighted by molar-refractivity contribution is 5.95. The lowest BCUT2D eigenvalue weighted by Crippen LogP contribution is -2.43. The molecule has 3 amide bonds. The summed E-state index contributed by atoms with van der Waals surface area (Å²) in [6.07, 6.45) is -0.849. The van der Waals surface area contributed by atoms with Crippen LogP contribution in [0.2, 0.25) is 0 Å². The zero-order chi connectivity index (χ0) is 15.6. The average Bonchev–Trinajstić information content (AvgIpc) is 2.82.